The summed E-state index contributed by atoms with van der Waals surface area (Å²) in [6.07, 6.45) is 3.12. The van der Waals surface area contributed by atoms with Gasteiger partial charge in [0, 0.05) is 0 Å². The summed E-state index contributed by atoms with van der Waals surface area (Å²) in [5.41, 5.74) is 7.14. The zero-order chi connectivity index (χ0) is 23.5. The Morgan fingerprint density at radius 2 is 1.52 bits per heavy atom. The fourth-order valence-corrected chi connectivity index (χ4v) is 7.77. The molecule has 0 amide bonds. The summed E-state index contributed by atoms with van der Waals surface area (Å²) >= 11 is 0.264. The summed E-state index contributed by atoms with van der Waals surface area (Å²) in [6.45, 7) is 16.2. The Kier molecular flexibility index (Phi) is 5.31. The van der Waals surface area contributed by atoms with Crippen LogP contribution in [0.3, 0.4) is 0 Å². The van der Waals surface area contributed by atoms with E-state index in [1.165, 1.54) is 48.1 Å². The first-order valence-electron chi connectivity index (χ1n) is 11.9. The van der Waals surface area contributed by atoms with E-state index in [1.807, 2.05) is 6.20 Å². The van der Waals surface area contributed by atoms with Crippen LogP contribution in [0.2, 0.25) is 0 Å². The number of aromatic nitrogens is 1. The van der Waals surface area contributed by atoms with Crippen molar-refractivity contribution in [3.05, 3.63) is 77.5 Å². The molecular formula is C31H33NSe. The van der Waals surface area contributed by atoms with Gasteiger partial charge in [0.1, 0.15) is 0 Å². The third-order valence-electron chi connectivity index (χ3n) is 6.58. The molecule has 0 spiro atoms. The van der Waals surface area contributed by atoms with Gasteiger partial charge in [-0.3, -0.25) is 0 Å². The third kappa shape index (κ3) is 4.05. The van der Waals surface area contributed by atoms with Crippen molar-refractivity contribution in [2.75, 3.05) is 0 Å². The zero-order valence-corrected chi connectivity index (χ0v) is 22.5. The van der Waals surface area contributed by atoms with Crippen molar-refractivity contribution in [3.8, 4) is 11.3 Å². The summed E-state index contributed by atoms with van der Waals surface area (Å²) in [7, 11) is 0. The molecule has 0 saturated heterocycles. The zero-order valence-electron chi connectivity index (χ0n) is 20.8. The number of aryl methyl sites for hydroxylation is 1. The summed E-state index contributed by atoms with van der Waals surface area (Å²) < 4.78 is 2.98. The van der Waals surface area contributed by atoms with Gasteiger partial charge < -0.3 is 0 Å². The Balaban J connectivity index is 1.78. The van der Waals surface area contributed by atoms with E-state index in [1.54, 1.807) is 4.26 Å². The van der Waals surface area contributed by atoms with Crippen LogP contribution in [0.4, 0.5) is 0 Å². The third-order valence-corrected chi connectivity index (χ3v) is 9.41. The maximum absolute atomic E-state index is 4.96. The van der Waals surface area contributed by atoms with Gasteiger partial charge in [0.2, 0.25) is 0 Å². The van der Waals surface area contributed by atoms with E-state index in [4.69, 9.17) is 4.98 Å². The number of fused-ring (bicyclic) bond motifs is 4. The second kappa shape index (κ2) is 7.83. The fourth-order valence-electron chi connectivity index (χ4n) is 4.98. The van der Waals surface area contributed by atoms with Crippen molar-refractivity contribution in [1.82, 2.24) is 4.98 Å². The molecule has 0 fully saturated rings. The van der Waals surface area contributed by atoms with Crippen LogP contribution in [0.25, 0.3) is 41.3 Å². The molecule has 3 aromatic carbocycles. The van der Waals surface area contributed by atoms with Gasteiger partial charge in [-0.2, -0.15) is 0 Å². The minimum atomic E-state index is 0.0696. The van der Waals surface area contributed by atoms with Crippen LogP contribution in [-0.4, -0.2) is 19.5 Å². The number of hydrogen-bond acceptors (Lipinski definition) is 1. The Labute approximate surface area is 203 Å². The van der Waals surface area contributed by atoms with Crippen molar-refractivity contribution in [2.24, 2.45) is 5.41 Å². The predicted octanol–water partition coefficient (Wildman–Crippen LogP) is 8.46. The Bertz CT molecular complexity index is 1510. The molecule has 0 aliphatic carbocycles. The maximum atomic E-state index is 4.96. The van der Waals surface area contributed by atoms with E-state index in [0.29, 0.717) is 5.41 Å². The number of rotatable bonds is 2. The number of pyridine rings is 1. The molecule has 0 atom stereocenters. The molecule has 2 heterocycles. The first-order chi connectivity index (χ1) is 15.5. The monoisotopic (exact) mass is 499 g/mol. The Morgan fingerprint density at radius 1 is 0.788 bits per heavy atom. The van der Waals surface area contributed by atoms with Gasteiger partial charge in [-0.05, 0) is 0 Å². The standard InChI is InChI=1S/C31H33NSe/c1-19-21(18-30(2,3)4)12-13-24-25-14-15-32-27(29(25)33-28(19)24)22-16-20-10-8-9-11-23(20)26(17-22)31(5,6)7/h8-17H,18H2,1-7H3. The Morgan fingerprint density at radius 3 is 2.24 bits per heavy atom. The summed E-state index contributed by atoms with van der Waals surface area (Å²) in [5.74, 6) is 0. The van der Waals surface area contributed by atoms with E-state index in [2.05, 4.69) is 103 Å². The summed E-state index contributed by atoms with van der Waals surface area (Å²) in [6, 6.07) is 20.4. The summed E-state index contributed by atoms with van der Waals surface area (Å²) in [5, 5.41) is 5.44. The number of hydrogen-bond donors (Lipinski definition) is 0. The molecule has 0 unspecified atom stereocenters. The molecule has 0 bridgehead atoms. The topological polar surface area (TPSA) is 12.9 Å². The minimum absolute atomic E-state index is 0.0696. The predicted molar refractivity (Wildman–Crippen MR) is 146 cm³/mol. The molecule has 0 N–H and O–H groups in total. The van der Waals surface area contributed by atoms with Crippen LogP contribution in [0.15, 0.2) is 60.8 Å². The van der Waals surface area contributed by atoms with Gasteiger partial charge in [-0.1, -0.05) is 0 Å². The molecule has 33 heavy (non-hydrogen) atoms. The van der Waals surface area contributed by atoms with Crippen molar-refractivity contribution >= 4 is 44.6 Å². The van der Waals surface area contributed by atoms with Crippen molar-refractivity contribution < 1.29 is 0 Å². The van der Waals surface area contributed by atoms with Gasteiger partial charge in [0.25, 0.3) is 0 Å². The van der Waals surface area contributed by atoms with E-state index in [-0.39, 0.29) is 19.9 Å². The van der Waals surface area contributed by atoms with Gasteiger partial charge in [0.15, 0.2) is 0 Å². The summed E-state index contributed by atoms with van der Waals surface area (Å²) in [4.78, 5) is 4.96. The van der Waals surface area contributed by atoms with Gasteiger partial charge in [0.05, 0.1) is 0 Å². The first-order valence-corrected chi connectivity index (χ1v) is 13.6. The van der Waals surface area contributed by atoms with Crippen molar-refractivity contribution in [2.45, 2.75) is 60.3 Å². The van der Waals surface area contributed by atoms with E-state index >= 15 is 0 Å². The average molecular weight is 499 g/mol. The van der Waals surface area contributed by atoms with Gasteiger partial charge in [-0.25, -0.2) is 0 Å². The van der Waals surface area contributed by atoms with Crippen LogP contribution in [0.5, 0.6) is 0 Å². The molecule has 0 saturated carbocycles. The average Bonchev–Trinajstić information content (AvgIpc) is 3.13. The number of benzene rings is 3. The van der Waals surface area contributed by atoms with E-state index < -0.39 is 0 Å². The molecule has 1 nitrogen and oxygen atoms in total. The van der Waals surface area contributed by atoms with Crippen LogP contribution in [0.1, 0.15) is 58.2 Å². The first kappa shape index (κ1) is 22.4. The van der Waals surface area contributed by atoms with Gasteiger partial charge in [-0.15, -0.1) is 0 Å². The van der Waals surface area contributed by atoms with Crippen molar-refractivity contribution in [3.63, 3.8) is 0 Å². The van der Waals surface area contributed by atoms with E-state index in [0.717, 1.165) is 12.1 Å². The van der Waals surface area contributed by atoms with Crippen LogP contribution >= 0.6 is 0 Å². The molecule has 5 rings (SSSR count). The quantitative estimate of drug-likeness (QED) is 0.223. The molecule has 0 aliphatic rings. The fraction of sp³-hybridized carbons (Fsp3) is 0.323. The van der Waals surface area contributed by atoms with Crippen LogP contribution in [-0.2, 0) is 11.8 Å². The molecule has 5 aromatic rings. The molecule has 2 heteroatoms. The normalized spacial score (nSPS) is 12.8. The second-order valence-electron chi connectivity index (χ2n) is 11.6. The van der Waals surface area contributed by atoms with Gasteiger partial charge >= 0.3 is 204 Å². The molecule has 0 aliphatic heterocycles. The molecular weight excluding hydrogens is 465 g/mol. The SMILES string of the molecule is Cc1c(CC(C)(C)C)ccc2c1[se]c1c(-c3cc(C(C)(C)C)c4ccccc4c3)nccc12. The second-order valence-corrected chi connectivity index (χ2v) is 13.7. The van der Waals surface area contributed by atoms with E-state index in [9.17, 15) is 0 Å². The molecule has 168 valence electrons. The molecule has 0 radical (unpaired) electrons. The van der Waals surface area contributed by atoms with Crippen LogP contribution < -0.4 is 0 Å². The van der Waals surface area contributed by atoms with Crippen molar-refractivity contribution in [1.29, 1.82) is 0 Å². The number of nitrogens with zero attached hydrogens (tertiary/aromatic N) is 1. The Hall–Kier alpha value is -2.41. The van der Waals surface area contributed by atoms with Crippen LogP contribution in [0, 0.1) is 12.3 Å². The molecule has 2 aromatic heterocycles.